The summed E-state index contributed by atoms with van der Waals surface area (Å²) in [5, 5.41) is 25.4. The van der Waals surface area contributed by atoms with Crippen LogP contribution in [0.1, 0.15) is 5.56 Å². The number of phenolic OH excluding ortho intramolecular Hbond substituents is 1. The highest BCUT2D eigenvalue weighted by atomic mass is 16.5. The molecule has 18 heavy (non-hydrogen) atoms. The number of benzene rings is 1. The van der Waals surface area contributed by atoms with Crippen molar-refractivity contribution in [2.24, 2.45) is 5.73 Å². The highest BCUT2D eigenvalue weighted by Crippen LogP contribution is 2.26. The summed E-state index contributed by atoms with van der Waals surface area (Å²) in [6, 6.07) is 4.59. The van der Waals surface area contributed by atoms with Crippen molar-refractivity contribution in [3.05, 3.63) is 29.8 Å². The summed E-state index contributed by atoms with van der Waals surface area (Å²) in [7, 11) is 1.43. The third kappa shape index (κ3) is 6.51. The number of hydrogen-bond acceptors (Lipinski definition) is 5. The van der Waals surface area contributed by atoms with Crippen molar-refractivity contribution >= 4 is 12.0 Å². The van der Waals surface area contributed by atoms with E-state index in [1.54, 1.807) is 12.1 Å². The van der Waals surface area contributed by atoms with Crippen LogP contribution in [0.3, 0.4) is 0 Å². The summed E-state index contributed by atoms with van der Waals surface area (Å²) in [4.78, 5) is 10.2. The number of ether oxygens (including phenoxy) is 1. The maximum atomic E-state index is 10.2. The second-order valence-corrected chi connectivity index (χ2v) is 3.12. The Balaban J connectivity index is 0.000000631. The lowest BCUT2D eigenvalue weighted by Crippen LogP contribution is -2.02. The van der Waals surface area contributed by atoms with E-state index in [-0.39, 0.29) is 12.4 Å². The molecule has 0 saturated carbocycles. The van der Waals surface area contributed by atoms with E-state index < -0.39 is 5.97 Å². The molecular weight excluding hydrogens is 238 g/mol. The van der Waals surface area contributed by atoms with Gasteiger partial charge >= 0.3 is 5.97 Å². The highest BCUT2D eigenvalue weighted by molar-refractivity contribution is 5.85. The molecular formula is C12H17NO5. The van der Waals surface area contributed by atoms with Gasteiger partial charge in [-0.2, -0.15) is 0 Å². The first-order valence-corrected chi connectivity index (χ1v) is 5.14. The molecule has 0 atom stereocenters. The van der Waals surface area contributed by atoms with Crippen molar-refractivity contribution in [1.82, 2.24) is 0 Å². The number of carbonyl (C=O) groups is 1. The van der Waals surface area contributed by atoms with Crippen molar-refractivity contribution in [2.75, 3.05) is 20.3 Å². The van der Waals surface area contributed by atoms with Gasteiger partial charge in [0.05, 0.1) is 13.7 Å². The Hall–Kier alpha value is -2.05. The van der Waals surface area contributed by atoms with Gasteiger partial charge in [-0.3, -0.25) is 0 Å². The largest absolute Gasteiger partial charge is 0.504 e. The molecule has 0 aliphatic heterocycles. The number of carboxylic acid groups (broad SMARTS) is 1. The highest BCUT2D eigenvalue weighted by Gasteiger charge is 2.00. The van der Waals surface area contributed by atoms with Gasteiger partial charge in [0.1, 0.15) is 0 Å². The number of aliphatic hydroxyl groups is 1. The fourth-order valence-corrected chi connectivity index (χ4v) is 0.965. The maximum absolute atomic E-state index is 10.2. The van der Waals surface area contributed by atoms with Crippen molar-refractivity contribution in [1.29, 1.82) is 0 Å². The summed E-state index contributed by atoms with van der Waals surface area (Å²) in [5.74, 6) is -0.672. The van der Waals surface area contributed by atoms with Crippen molar-refractivity contribution in [3.8, 4) is 11.5 Å². The van der Waals surface area contributed by atoms with E-state index in [4.69, 9.17) is 20.7 Å². The lowest BCUT2D eigenvalue weighted by Gasteiger charge is -2.03. The number of carboxylic acids is 1. The first-order chi connectivity index (χ1) is 8.54. The molecule has 0 heterocycles. The molecule has 0 amide bonds. The zero-order chi connectivity index (χ0) is 14.0. The number of aliphatic hydroxyl groups excluding tert-OH is 1. The molecule has 1 rings (SSSR count). The lowest BCUT2D eigenvalue weighted by atomic mass is 10.2. The van der Waals surface area contributed by atoms with E-state index in [0.29, 0.717) is 17.9 Å². The molecule has 0 aliphatic rings. The number of phenols is 1. The van der Waals surface area contributed by atoms with Gasteiger partial charge in [0.25, 0.3) is 0 Å². The second-order valence-electron chi connectivity index (χ2n) is 3.12. The minimum Gasteiger partial charge on any atom is -0.504 e. The molecule has 0 aromatic heterocycles. The van der Waals surface area contributed by atoms with Crippen LogP contribution in [0.4, 0.5) is 0 Å². The van der Waals surface area contributed by atoms with Gasteiger partial charge in [-0.05, 0) is 23.8 Å². The van der Waals surface area contributed by atoms with Gasteiger partial charge in [-0.15, -0.1) is 0 Å². The van der Waals surface area contributed by atoms with Crippen LogP contribution in [0.5, 0.6) is 11.5 Å². The van der Waals surface area contributed by atoms with Gasteiger partial charge in [0.15, 0.2) is 11.5 Å². The molecule has 6 heteroatoms. The molecule has 1 aromatic rings. The zero-order valence-electron chi connectivity index (χ0n) is 10.0. The molecule has 0 unspecified atom stereocenters. The zero-order valence-corrected chi connectivity index (χ0v) is 10.0. The molecule has 6 nitrogen and oxygen atoms in total. The maximum Gasteiger partial charge on any atom is 0.328 e. The smallest absolute Gasteiger partial charge is 0.328 e. The van der Waals surface area contributed by atoms with Gasteiger partial charge in [0, 0.05) is 12.6 Å². The molecule has 0 fully saturated rings. The minimum absolute atomic E-state index is 0.0278. The fraction of sp³-hybridized carbons (Fsp3) is 0.250. The number of rotatable bonds is 4. The normalized spacial score (nSPS) is 9.72. The van der Waals surface area contributed by atoms with Crippen LogP contribution >= 0.6 is 0 Å². The third-order valence-electron chi connectivity index (χ3n) is 1.75. The standard InChI is InChI=1S/C10H10O4.C2H7NO/c1-14-9-6-7(2-4-8(9)11)3-5-10(12)13;3-1-2-4/h2-6,11H,1H3,(H,12,13);4H,1-3H2/b5-3-;. The summed E-state index contributed by atoms with van der Waals surface area (Å²) in [6.45, 7) is 0.472. The molecule has 0 bridgehead atoms. The first kappa shape index (κ1) is 16.0. The Morgan fingerprint density at radius 2 is 2.11 bits per heavy atom. The van der Waals surface area contributed by atoms with Crippen molar-refractivity contribution in [3.63, 3.8) is 0 Å². The summed E-state index contributed by atoms with van der Waals surface area (Å²) in [5.41, 5.74) is 5.43. The average Bonchev–Trinajstić information content (AvgIpc) is 2.38. The molecule has 0 saturated heterocycles. The Morgan fingerprint density at radius 3 is 2.56 bits per heavy atom. The van der Waals surface area contributed by atoms with E-state index >= 15 is 0 Å². The monoisotopic (exact) mass is 255 g/mol. The Morgan fingerprint density at radius 1 is 1.50 bits per heavy atom. The first-order valence-electron chi connectivity index (χ1n) is 5.14. The van der Waals surface area contributed by atoms with E-state index in [1.165, 1.54) is 19.3 Å². The predicted octanol–water partition coefficient (Wildman–Crippen LogP) is 0.436. The van der Waals surface area contributed by atoms with E-state index in [1.807, 2.05) is 0 Å². The van der Waals surface area contributed by atoms with Crippen LogP contribution in [-0.2, 0) is 4.79 Å². The average molecular weight is 255 g/mol. The van der Waals surface area contributed by atoms with Gasteiger partial charge in [0.2, 0.25) is 0 Å². The summed E-state index contributed by atoms with van der Waals surface area (Å²) >= 11 is 0. The van der Waals surface area contributed by atoms with Crippen molar-refractivity contribution in [2.45, 2.75) is 0 Å². The Bertz CT molecular complexity index is 401. The summed E-state index contributed by atoms with van der Waals surface area (Å²) < 4.78 is 4.86. The molecule has 0 radical (unpaired) electrons. The van der Waals surface area contributed by atoms with Crippen LogP contribution in [0.25, 0.3) is 6.08 Å². The van der Waals surface area contributed by atoms with Gasteiger partial charge in [-0.25, -0.2) is 4.79 Å². The number of aliphatic carboxylic acids is 1. The van der Waals surface area contributed by atoms with Crippen molar-refractivity contribution < 1.29 is 24.9 Å². The van der Waals surface area contributed by atoms with Crippen LogP contribution in [0.2, 0.25) is 0 Å². The molecule has 0 spiro atoms. The van der Waals surface area contributed by atoms with E-state index in [9.17, 15) is 9.90 Å². The second kappa shape index (κ2) is 9.03. The number of aromatic hydroxyl groups is 1. The Labute approximate surface area is 105 Å². The Kier molecular flexibility index (Phi) is 8.00. The predicted molar refractivity (Wildman–Crippen MR) is 67.5 cm³/mol. The fourth-order valence-electron chi connectivity index (χ4n) is 0.965. The topological polar surface area (TPSA) is 113 Å². The van der Waals surface area contributed by atoms with Gasteiger partial charge < -0.3 is 25.8 Å². The molecule has 0 aliphatic carbocycles. The molecule has 1 aromatic carbocycles. The van der Waals surface area contributed by atoms with E-state index in [0.717, 1.165) is 6.08 Å². The van der Waals surface area contributed by atoms with Crippen LogP contribution in [-0.4, -0.2) is 41.6 Å². The van der Waals surface area contributed by atoms with Crippen LogP contribution in [0, 0.1) is 0 Å². The lowest BCUT2D eigenvalue weighted by molar-refractivity contribution is -0.131. The third-order valence-corrected chi connectivity index (χ3v) is 1.75. The van der Waals surface area contributed by atoms with E-state index in [2.05, 4.69) is 0 Å². The molecule has 5 N–H and O–H groups in total. The summed E-state index contributed by atoms with van der Waals surface area (Å²) in [6.07, 6.45) is 2.44. The van der Waals surface area contributed by atoms with Gasteiger partial charge in [-0.1, -0.05) is 6.07 Å². The molecule has 100 valence electrons. The SMILES string of the molecule is COc1cc(/C=C\C(=O)O)ccc1O.NCCO. The van der Waals surface area contributed by atoms with Crippen LogP contribution < -0.4 is 10.5 Å². The quantitative estimate of drug-likeness (QED) is 0.580. The minimum atomic E-state index is -1.02. The number of methoxy groups -OCH3 is 1. The number of nitrogens with two attached hydrogens (primary N) is 1. The van der Waals surface area contributed by atoms with Crippen LogP contribution in [0.15, 0.2) is 24.3 Å². The number of hydrogen-bond donors (Lipinski definition) is 4.